The molecular formula is C14H21NO2S. The smallest absolute Gasteiger partial charge is 0.161 e. The molecule has 0 aliphatic carbocycles. The van der Waals surface area contributed by atoms with E-state index in [2.05, 4.69) is 23.7 Å². The molecule has 0 saturated carbocycles. The number of rotatable bonds is 7. The van der Waals surface area contributed by atoms with Crippen LogP contribution < -0.4 is 14.8 Å². The Morgan fingerprint density at radius 1 is 1.17 bits per heavy atom. The summed E-state index contributed by atoms with van der Waals surface area (Å²) in [5, 5.41) is 3.46. The summed E-state index contributed by atoms with van der Waals surface area (Å²) in [6.45, 7) is 3.44. The van der Waals surface area contributed by atoms with Crippen LogP contribution in [0, 0.1) is 0 Å². The minimum Gasteiger partial charge on any atom is -0.486 e. The van der Waals surface area contributed by atoms with Crippen LogP contribution in [0.15, 0.2) is 18.2 Å². The molecule has 4 heteroatoms. The summed E-state index contributed by atoms with van der Waals surface area (Å²) in [7, 11) is 0. The van der Waals surface area contributed by atoms with Crippen LogP contribution in [0.4, 0.5) is 0 Å². The van der Waals surface area contributed by atoms with Gasteiger partial charge in [0.1, 0.15) is 13.2 Å². The lowest BCUT2D eigenvalue weighted by atomic mass is 10.1. The number of benzene rings is 1. The first-order valence-corrected chi connectivity index (χ1v) is 7.88. The van der Waals surface area contributed by atoms with Gasteiger partial charge in [-0.1, -0.05) is 6.07 Å². The average Bonchev–Trinajstić information content (AvgIpc) is 2.42. The minimum atomic E-state index is 0.656. The van der Waals surface area contributed by atoms with Crippen molar-refractivity contribution in [1.82, 2.24) is 5.32 Å². The van der Waals surface area contributed by atoms with Crippen molar-refractivity contribution in [3.63, 3.8) is 0 Å². The average molecular weight is 267 g/mol. The molecule has 1 aliphatic heterocycles. The molecule has 100 valence electrons. The molecule has 1 aliphatic rings. The first-order chi connectivity index (χ1) is 8.90. The Kier molecular flexibility index (Phi) is 5.68. The topological polar surface area (TPSA) is 30.5 Å². The minimum absolute atomic E-state index is 0.656. The lowest BCUT2D eigenvalue weighted by Crippen LogP contribution is -2.19. The summed E-state index contributed by atoms with van der Waals surface area (Å²) in [5.41, 5.74) is 1.30. The Hall–Kier alpha value is -0.870. The number of nitrogens with one attached hydrogen (secondary N) is 1. The van der Waals surface area contributed by atoms with Gasteiger partial charge in [-0.3, -0.25) is 0 Å². The third kappa shape index (κ3) is 4.10. The zero-order chi connectivity index (χ0) is 12.6. The molecule has 3 nitrogen and oxygen atoms in total. The van der Waals surface area contributed by atoms with Gasteiger partial charge in [-0.2, -0.15) is 11.8 Å². The highest BCUT2D eigenvalue weighted by atomic mass is 32.2. The summed E-state index contributed by atoms with van der Waals surface area (Å²) in [6, 6.07) is 6.23. The maximum Gasteiger partial charge on any atom is 0.161 e. The van der Waals surface area contributed by atoms with Crippen LogP contribution >= 0.6 is 11.8 Å². The van der Waals surface area contributed by atoms with E-state index in [9.17, 15) is 0 Å². The number of fused-ring (bicyclic) bond motifs is 1. The van der Waals surface area contributed by atoms with E-state index in [-0.39, 0.29) is 0 Å². The molecule has 0 amide bonds. The van der Waals surface area contributed by atoms with Crippen LogP contribution in [-0.2, 0) is 6.42 Å². The van der Waals surface area contributed by atoms with Gasteiger partial charge in [0.05, 0.1) is 0 Å². The molecule has 1 N–H and O–H groups in total. The van der Waals surface area contributed by atoms with Gasteiger partial charge in [0.15, 0.2) is 11.5 Å². The Morgan fingerprint density at radius 2 is 2.00 bits per heavy atom. The quantitative estimate of drug-likeness (QED) is 0.768. The third-order valence-electron chi connectivity index (χ3n) is 2.90. The summed E-state index contributed by atoms with van der Waals surface area (Å²) in [5.74, 6) is 3.00. The van der Waals surface area contributed by atoms with Crippen molar-refractivity contribution in [1.29, 1.82) is 0 Å². The van der Waals surface area contributed by atoms with Crippen LogP contribution in [0.5, 0.6) is 11.5 Å². The molecule has 18 heavy (non-hydrogen) atoms. The SMILES string of the molecule is CSCCCNCCc1ccc2c(c1)OCCO2. The molecule has 0 saturated heterocycles. The number of ether oxygens (including phenoxy) is 2. The molecule has 0 unspecified atom stereocenters. The van der Waals surface area contributed by atoms with Crippen molar-refractivity contribution in [2.24, 2.45) is 0 Å². The van der Waals surface area contributed by atoms with E-state index in [0.717, 1.165) is 31.0 Å². The van der Waals surface area contributed by atoms with E-state index in [0.29, 0.717) is 13.2 Å². The molecule has 1 heterocycles. The lowest BCUT2D eigenvalue weighted by Gasteiger charge is -2.18. The molecular weight excluding hydrogens is 246 g/mol. The first-order valence-electron chi connectivity index (χ1n) is 6.48. The summed E-state index contributed by atoms with van der Waals surface area (Å²) >= 11 is 1.90. The van der Waals surface area contributed by atoms with Crippen LogP contribution in [0.1, 0.15) is 12.0 Å². The molecule has 0 fully saturated rings. The van der Waals surface area contributed by atoms with E-state index >= 15 is 0 Å². The highest BCUT2D eigenvalue weighted by molar-refractivity contribution is 7.98. The van der Waals surface area contributed by atoms with Gasteiger partial charge in [0.25, 0.3) is 0 Å². The normalized spacial score (nSPS) is 13.6. The Bertz CT molecular complexity index is 371. The van der Waals surface area contributed by atoms with E-state index in [1.165, 1.54) is 17.7 Å². The van der Waals surface area contributed by atoms with Crippen molar-refractivity contribution >= 4 is 11.8 Å². The fraction of sp³-hybridized carbons (Fsp3) is 0.571. The van der Waals surface area contributed by atoms with Gasteiger partial charge in [-0.15, -0.1) is 0 Å². The van der Waals surface area contributed by atoms with Crippen molar-refractivity contribution in [3.05, 3.63) is 23.8 Å². The number of hydrogen-bond donors (Lipinski definition) is 1. The van der Waals surface area contributed by atoms with Crippen molar-refractivity contribution in [2.75, 3.05) is 38.3 Å². The highest BCUT2D eigenvalue weighted by Crippen LogP contribution is 2.30. The molecule has 1 aromatic rings. The summed E-state index contributed by atoms with van der Waals surface area (Å²) < 4.78 is 11.1. The largest absolute Gasteiger partial charge is 0.486 e. The number of hydrogen-bond acceptors (Lipinski definition) is 4. The van der Waals surface area contributed by atoms with Gasteiger partial charge in [-0.25, -0.2) is 0 Å². The maximum absolute atomic E-state index is 5.58. The predicted molar refractivity (Wildman–Crippen MR) is 77.0 cm³/mol. The van der Waals surface area contributed by atoms with Crippen molar-refractivity contribution in [3.8, 4) is 11.5 Å². The van der Waals surface area contributed by atoms with Gasteiger partial charge in [0, 0.05) is 0 Å². The van der Waals surface area contributed by atoms with Gasteiger partial charge in [0.2, 0.25) is 0 Å². The van der Waals surface area contributed by atoms with E-state index in [1.807, 2.05) is 17.8 Å². The van der Waals surface area contributed by atoms with Crippen LogP contribution in [0.25, 0.3) is 0 Å². The van der Waals surface area contributed by atoms with Crippen LogP contribution in [0.2, 0.25) is 0 Å². The predicted octanol–water partition coefficient (Wildman–Crippen LogP) is 2.34. The Balaban J connectivity index is 1.72. The standard InChI is InChI=1S/C14H21NO2S/c1-18-10-2-6-15-7-5-12-3-4-13-14(11-12)17-9-8-16-13/h3-4,11,15H,2,5-10H2,1H3. The number of thioether (sulfide) groups is 1. The molecule has 2 rings (SSSR count). The molecule has 0 spiro atoms. The fourth-order valence-electron chi connectivity index (χ4n) is 1.94. The summed E-state index contributed by atoms with van der Waals surface area (Å²) in [6.07, 6.45) is 4.42. The fourth-order valence-corrected chi connectivity index (χ4v) is 2.38. The second kappa shape index (κ2) is 7.54. The first kappa shape index (κ1) is 13.6. The molecule has 0 radical (unpaired) electrons. The van der Waals surface area contributed by atoms with Gasteiger partial charge in [-0.05, 0) is 55.6 Å². The highest BCUT2D eigenvalue weighted by Gasteiger charge is 2.11. The molecule has 0 bridgehead atoms. The second-order valence-corrected chi connectivity index (χ2v) is 5.31. The van der Waals surface area contributed by atoms with Crippen LogP contribution in [0.3, 0.4) is 0 Å². The van der Waals surface area contributed by atoms with Gasteiger partial charge < -0.3 is 14.8 Å². The lowest BCUT2D eigenvalue weighted by molar-refractivity contribution is 0.171. The van der Waals surface area contributed by atoms with Crippen molar-refractivity contribution in [2.45, 2.75) is 12.8 Å². The zero-order valence-electron chi connectivity index (χ0n) is 10.9. The monoisotopic (exact) mass is 267 g/mol. The molecule has 0 aromatic heterocycles. The second-order valence-electron chi connectivity index (χ2n) is 4.32. The van der Waals surface area contributed by atoms with E-state index in [4.69, 9.17) is 9.47 Å². The summed E-state index contributed by atoms with van der Waals surface area (Å²) in [4.78, 5) is 0. The Morgan fingerprint density at radius 3 is 2.83 bits per heavy atom. The van der Waals surface area contributed by atoms with Crippen molar-refractivity contribution < 1.29 is 9.47 Å². The maximum atomic E-state index is 5.58. The zero-order valence-corrected chi connectivity index (χ0v) is 11.7. The van der Waals surface area contributed by atoms with Crippen LogP contribution in [-0.4, -0.2) is 38.3 Å². The van der Waals surface area contributed by atoms with E-state index in [1.54, 1.807) is 0 Å². The molecule has 0 atom stereocenters. The van der Waals surface area contributed by atoms with Gasteiger partial charge >= 0.3 is 0 Å². The Labute approximate surface area is 113 Å². The third-order valence-corrected chi connectivity index (χ3v) is 3.60. The van der Waals surface area contributed by atoms with E-state index < -0.39 is 0 Å². The molecule has 1 aromatic carbocycles.